The molecule has 0 amide bonds. The smallest absolute Gasteiger partial charge is 0.0624 e. The molecular weight excluding hydrogens is 234 g/mol. The lowest BCUT2D eigenvalue weighted by molar-refractivity contribution is 0.342. The van der Waals surface area contributed by atoms with Crippen LogP contribution in [0.2, 0.25) is 0 Å². The molecule has 0 aliphatic heterocycles. The van der Waals surface area contributed by atoms with E-state index in [4.69, 9.17) is 0 Å². The highest BCUT2D eigenvalue weighted by molar-refractivity contribution is 5.12. The van der Waals surface area contributed by atoms with Crippen molar-refractivity contribution in [1.82, 2.24) is 15.1 Å². The lowest BCUT2D eigenvalue weighted by Crippen LogP contribution is -2.34. The predicted octanol–water partition coefficient (Wildman–Crippen LogP) is 3.18. The van der Waals surface area contributed by atoms with Gasteiger partial charge in [-0.1, -0.05) is 26.2 Å². The summed E-state index contributed by atoms with van der Waals surface area (Å²) in [5, 5.41) is 8.23. The summed E-state index contributed by atoms with van der Waals surface area (Å²) in [7, 11) is 2.12. The van der Waals surface area contributed by atoms with Crippen LogP contribution < -0.4 is 5.32 Å². The summed E-state index contributed by atoms with van der Waals surface area (Å²) in [4.78, 5) is 0. The van der Waals surface area contributed by atoms with Gasteiger partial charge < -0.3 is 5.32 Å². The molecule has 0 saturated heterocycles. The SMILES string of the molecule is CCc1cc(CC2CCCCCC2NC)n(CC)n1. The van der Waals surface area contributed by atoms with E-state index in [1.54, 1.807) is 0 Å². The maximum absolute atomic E-state index is 4.68. The summed E-state index contributed by atoms with van der Waals surface area (Å²) >= 11 is 0. The van der Waals surface area contributed by atoms with Gasteiger partial charge in [-0.2, -0.15) is 5.10 Å². The lowest BCUT2D eigenvalue weighted by atomic mass is 9.90. The Labute approximate surface area is 117 Å². The molecule has 1 heterocycles. The fraction of sp³-hybridized carbons (Fsp3) is 0.812. The Hall–Kier alpha value is -0.830. The number of hydrogen-bond acceptors (Lipinski definition) is 2. The largest absolute Gasteiger partial charge is 0.317 e. The fourth-order valence-electron chi connectivity index (χ4n) is 3.40. The monoisotopic (exact) mass is 263 g/mol. The van der Waals surface area contributed by atoms with Crippen LogP contribution in [-0.4, -0.2) is 22.9 Å². The van der Waals surface area contributed by atoms with E-state index in [-0.39, 0.29) is 0 Å². The number of nitrogens with zero attached hydrogens (tertiary/aromatic N) is 2. The standard InChI is InChI=1S/C16H29N3/c1-4-14-12-15(19(5-2)18-14)11-13-9-7-6-8-10-16(13)17-3/h12-13,16-17H,4-11H2,1-3H3. The first kappa shape index (κ1) is 14.6. The van der Waals surface area contributed by atoms with Gasteiger partial charge in [0.15, 0.2) is 0 Å². The van der Waals surface area contributed by atoms with Crippen LogP contribution in [0.3, 0.4) is 0 Å². The zero-order chi connectivity index (χ0) is 13.7. The molecule has 1 aromatic rings. The van der Waals surface area contributed by atoms with E-state index < -0.39 is 0 Å². The van der Waals surface area contributed by atoms with Gasteiger partial charge in [-0.15, -0.1) is 0 Å². The second-order valence-corrected chi connectivity index (χ2v) is 5.79. The molecule has 108 valence electrons. The van der Waals surface area contributed by atoms with Gasteiger partial charge in [0.25, 0.3) is 0 Å². The van der Waals surface area contributed by atoms with E-state index in [9.17, 15) is 0 Å². The third-order valence-electron chi connectivity index (χ3n) is 4.58. The molecule has 0 aromatic carbocycles. The van der Waals surface area contributed by atoms with Crippen LogP contribution in [0, 0.1) is 5.92 Å². The lowest BCUT2D eigenvalue weighted by Gasteiger charge is -2.24. The Morgan fingerprint density at radius 2 is 2.05 bits per heavy atom. The predicted molar refractivity (Wildman–Crippen MR) is 80.4 cm³/mol. The Bertz CT molecular complexity index is 383. The highest BCUT2D eigenvalue weighted by Crippen LogP contribution is 2.26. The minimum absolute atomic E-state index is 0.688. The molecule has 0 radical (unpaired) electrons. The van der Waals surface area contributed by atoms with Crippen molar-refractivity contribution in [3.05, 3.63) is 17.5 Å². The molecule has 0 spiro atoms. The van der Waals surface area contributed by atoms with E-state index in [0.29, 0.717) is 6.04 Å². The van der Waals surface area contributed by atoms with Gasteiger partial charge in [0.05, 0.1) is 5.69 Å². The van der Waals surface area contributed by atoms with Crippen LogP contribution in [0.25, 0.3) is 0 Å². The molecule has 2 atom stereocenters. The Morgan fingerprint density at radius 1 is 1.26 bits per heavy atom. The second kappa shape index (κ2) is 7.09. The molecule has 2 rings (SSSR count). The molecule has 1 saturated carbocycles. The molecular formula is C16H29N3. The summed E-state index contributed by atoms with van der Waals surface area (Å²) in [6, 6.07) is 3.01. The second-order valence-electron chi connectivity index (χ2n) is 5.79. The fourth-order valence-corrected chi connectivity index (χ4v) is 3.40. The van der Waals surface area contributed by atoms with Crippen molar-refractivity contribution in [3.8, 4) is 0 Å². The Morgan fingerprint density at radius 3 is 2.74 bits per heavy atom. The number of nitrogens with one attached hydrogen (secondary N) is 1. The van der Waals surface area contributed by atoms with Crippen molar-refractivity contribution in [2.45, 2.75) is 71.4 Å². The van der Waals surface area contributed by atoms with E-state index in [0.717, 1.165) is 18.9 Å². The Balaban J connectivity index is 2.11. The summed E-state index contributed by atoms with van der Waals surface area (Å²) in [5.74, 6) is 0.777. The summed E-state index contributed by atoms with van der Waals surface area (Å²) in [6.07, 6.45) is 9.11. The van der Waals surface area contributed by atoms with Crippen molar-refractivity contribution < 1.29 is 0 Å². The van der Waals surface area contributed by atoms with Gasteiger partial charge in [-0.3, -0.25) is 4.68 Å². The van der Waals surface area contributed by atoms with Gasteiger partial charge >= 0.3 is 0 Å². The third-order valence-corrected chi connectivity index (χ3v) is 4.58. The number of rotatable bonds is 5. The zero-order valence-corrected chi connectivity index (χ0v) is 12.8. The van der Waals surface area contributed by atoms with E-state index in [1.165, 1.54) is 49.9 Å². The maximum Gasteiger partial charge on any atom is 0.0624 e. The first-order chi connectivity index (χ1) is 9.28. The quantitative estimate of drug-likeness (QED) is 0.827. The van der Waals surface area contributed by atoms with Gasteiger partial charge in [-0.25, -0.2) is 0 Å². The molecule has 1 N–H and O–H groups in total. The maximum atomic E-state index is 4.68. The van der Waals surface area contributed by atoms with Crippen LogP contribution in [0.1, 0.15) is 57.3 Å². The molecule has 2 unspecified atom stereocenters. The average molecular weight is 263 g/mol. The molecule has 1 aliphatic carbocycles. The van der Waals surface area contributed by atoms with E-state index in [1.807, 2.05) is 0 Å². The van der Waals surface area contributed by atoms with Crippen molar-refractivity contribution in [3.63, 3.8) is 0 Å². The van der Waals surface area contributed by atoms with E-state index >= 15 is 0 Å². The minimum Gasteiger partial charge on any atom is -0.317 e. The summed E-state index contributed by atoms with van der Waals surface area (Å²) in [5.41, 5.74) is 2.68. The molecule has 3 nitrogen and oxygen atoms in total. The van der Waals surface area contributed by atoms with Gasteiger partial charge in [0.2, 0.25) is 0 Å². The molecule has 1 aromatic heterocycles. The van der Waals surface area contributed by atoms with Crippen LogP contribution in [0.4, 0.5) is 0 Å². The van der Waals surface area contributed by atoms with Crippen molar-refractivity contribution in [2.75, 3.05) is 7.05 Å². The number of aromatic nitrogens is 2. The zero-order valence-electron chi connectivity index (χ0n) is 12.8. The molecule has 19 heavy (non-hydrogen) atoms. The average Bonchev–Trinajstić information content (AvgIpc) is 2.69. The Kier molecular flexibility index (Phi) is 5.44. The van der Waals surface area contributed by atoms with Crippen LogP contribution in [-0.2, 0) is 19.4 Å². The molecule has 0 bridgehead atoms. The third kappa shape index (κ3) is 3.59. The van der Waals surface area contributed by atoms with Gasteiger partial charge in [0.1, 0.15) is 0 Å². The van der Waals surface area contributed by atoms with E-state index in [2.05, 4.69) is 42.1 Å². The summed E-state index contributed by atoms with van der Waals surface area (Å²) in [6.45, 7) is 5.37. The molecule has 1 fully saturated rings. The van der Waals surface area contributed by atoms with Crippen molar-refractivity contribution in [2.24, 2.45) is 5.92 Å². The molecule has 1 aliphatic rings. The normalized spacial score (nSPS) is 24.4. The minimum atomic E-state index is 0.688. The van der Waals surface area contributed by atoms with Gasteiger partial charge in [0, 0.05) is 18.3 Å². The van der Waals surface area contributed by atoms with Crippen LogP contribution >= 0.6 is 0 Å². The first-order valence-electron chi connectivity index (χ1n) is 8.01. The van der Waals surface area contributed by atoms with Gasteiger partial charge in [-0.05, 0) is 51.6 Å². The van der Waals surface area contributed by atoms with Crippen molar-refractivity contribution in [1.29, 1.82) is 0 Å². The van der Waals surface area contributed by atoms with Crippen LogP contribution in [0.5, 0.6) is 0 Å². The topological polar surface area (TPSA) is 29.9 Å². The highest BCUT2D eigenvalue weighted by atomic mass is 15.3. The number of hydrogen-bond donors (Lipinski definition) is 1. The summed E-state index contributed by atoms with van der Waals surface area (Å²) < 4.78 is 2.20. The molecule has 3 heteroatoms. The van der Waals surface area contributed by atoms with Crippen molar-refractivity contribution >= 4 is 0 Å². The first-order valence-corrected chi connectivity index (χ1v) is 8.01. The van der Waals surface area contributed by atoms with Crippen LogP contribution in [0.15, 0.2) is 6.07 Å². The number of aryl methyl sites for hydroxylation is 2. The highest BCUT2D eigenvalue weighted by Gasteiger charge is 2.23.